The Morgan fingerprint density at radius 3 is 3.06 bits per heavy atom. The van der Waals surface area contributed by atoms with E-state index in [9.17, 15) is 4.79 Å². The van der Waals surface area contributed by atoms with Gasteiger partial charge in [0, 0.05) is 0 Å². The lowest BCUT2D eigenvalue weighted by Gasteiger charge is -2.10. The number of carbonyl (C=O) groups is 1. The number of hydrogen-bond acceptors (Lipinski definition) is 4. The van der Waals surface area contributed by atoms with E-state index in [0.717, 1.165) is 0 Å². The second-order valence-electron chi connectivity index (χ2n) is 3.58. The molecule has 1 unspecified atom stereocenters. The van der Waals surface area contributed by atoms with Gasteiger partial charge in [-0.2, -0.15) is 5.10 Å². The topological polar surface area (TPSA) is 93.5 Å². The zero-order chi connectivity index (χ0) is 11.7. The second-order valence-corrected chi connectivity index (χ2v) is 3.58. The van der Waals surface area contributed by atoms with Crippen LogP contribution in [0.3, 0.4) is 0 Å². The number of carboxylic acids is 1. The maximum absolute atomic E-state index is 10.6. The van der Waals surface area contributed by atoms with E-state index in [0.29, 0.717) is 17.2 Å². The third kappa shape index (κ3) is 1.87. The molecule has 16 heavy (non-hydrogen) atoms. The molecule has 6 heteroatoms. The smallest absolute Gasteiger partial charge is 0.305 e. The monoisotopic (exact) mass is 220 g/mol. The SMILES string of the molecule is Cc1nc2cccc(C(N)CC(=O)O)n2n1. The van der Waals surface area contributed by atoms with E-state index >= 15 is 0 Å². The molecule has 0 spiro atoms. The number of aromatic nitrogens is 3. The van der Waals surface area contributed by atoms with Crippen LogP contribution in [0, 0.1) is 6.92 Å². The van der Waals surface area contributed by atoms with Crippen LogP contribution in [0.4, 0.5) is 0 Å². The van der Waals surface area contributed by atoms with Crippen molar-refractivity contribution in [1.29, 1.82) is 0 Å². The molecule has 84 valence electrons. The average Bonchev–Trinajstić information content (AvgIpc) is 2.55. The molecular weight excluding hydrogens is 208 g/mol. The van der Waals surface area contributed by atoms with E-state index < -0.39 is 12.0 Å². The van der Waals surface area contributed by atoms with Crippen LogP contribution in [0.2, 0.25) is 0 Å². The fraction of sp³-hybridized carbons (Fsp3) is 0.300. The van der Waals surface area contributed by atoms with Crippen molar-refractivity contribution >= 4 is 11.6 Å². The van der Waals surface area contributed by atoms with E-state index in [4.69, 9.17) is 10.8 Å². The zero-order valence-corrected chi connectivity index (χ0v) is 8.79. The number of rotatable bonds is 3. The van der Waals surface area contributed by atoms with E-state index in [1.807, 2.05) is 0 Å². The lowest BCUT2D eigenvalue weighted by molar-refractivity contribution is -0.137. The largest absolute Gasteiger partial charge is 0.481 e. The quantitative estimate of drug-likeness (QED) is 0.786. The summed E-state index contributed by atoms with van der Waals surface area (Å²) in [6, 6.07) is 4.77. The molecular formula is C10H12N4O2. The van der Waals surface area contributed by atoms with Gasteiger partial charge in [-0.3, -0.25) is 4.79 Å². The summed E-state index contributed by atoms with van der Waals surface area (Å²) >= 11 is 0. The molecule has 0 aliphatic rings. The van der Waals surface area contributed by atoms with Crippen molar-refractivity contribution in [2.45, 2.75) is 19.4 Å². The Hall–Kier alpha value is -1.95. The number of aliphatic carboxylic acids is 1. The van der Waals surface area contributed by atoms with Crippen molar-refractivity contribution < 1.29 is 9.90 Å². The minimum absolute atomic E-state index is 0.127. The highest BCUT2D eigenvalue weighted by Crippen LogP contribution is 2.15. The lowest BCUT2D eigenvalue weighted by Crippen LogP contribution is -2.18. The van der Waals surface area contributed by atoms with Crippen LogP contribution in [0.5, 0.6) is 0 Å². The predicted molar refractivity (Wildman–Crippen MR) is 56.9 cm³/mol. The Labute approximate surface area is 91.7 Å². The third-order valence-electron chi connectivity index (χ3n) is 2.27. The van der Waals surface area contributed by atoms with Crippen LogP contribution in [-0.2, 0) is 4.79 Å². The van der Waals surface area contributed by atoms with Gasteiger partial charge in [-0.25, -0.2) is 9.50 Å². The first-order chi connectivity index (χ1) is 7.58. The van der Waals surface area contributed by atoms with Gasteiger partial charge in [0.2, 0.25) is 0 Å². The first kappa shape index (κ1) is 10.6. The molecule has 2 rings (SSSR count). The molecule has 2 aromatic rings. The van der Waals surface area contributed by atoms with Gasteiger partial charge >= 0.3 is 5.97 Å². The molecule has 0 saturated heterocycles. The van der Waals surface area contributed by atoms with Crippen LogP contribution in [-0.4, -0.2) is 25.7 Å². The maximum atomic E-state index is 10.6. The first-order valence-electron chi connectivity index (χ1n) is 4.87. The second kappa shape index (κ2) is 3.90. The highest BCUT2D eigenvalue weighted by molar-refractivity contribution is 5.67. The molecule has 1 atom stereocenters. The summed E-state index contributed by atoms with van der Waals surface area (Å²) in [4.78, 5) is 14.8. The van der Waals surface area contributed by atoms with Crippen molar-refractivity contribution in [3.63, 3.8) is 0 Å². The molecule has 0 aromatic carbocycles. The van der Waals surface area contributed by atoms with Gasteiger partial charge in [-0.1, -0.05) is 6.07 Å². The van der Waals surface area contributed by atoms with E-state index in [-0.39, 0.29) is 6.42 Å². The number of fused-ring (bicyclic) bond motifs is 1. The predicted octanol–water partition coefficient (Wildman–Crippen LogP) is 0.512. The Balaban J connectivity index is 2.47. The van der Waals surface area contributed by atoms with Crippen LogP contribution in [0.15, 0.2) is 18.2 Å². The third-order valence-corrected chi connectivity index (χ3v) is 2.27. The summed E-state index contributed by atoms with van der Waals surface area (Å²) in [5.74, 6) is -0.295. The van der Waals surface area contributed by atoms with Gasteiger partial charge in [-0.05, 0) is 19.1 Å². The molecule has 0 amide bonds. The van der Waals surface area contributed by atoms with Crippen LogP contribution in [0.25, 0.3) is 5.65 Å². The number of hydrogen-bond donors (Lipinski definition) is 2. The molecule has 0 radical (unpaired) electrons. The van der Waals surface area contributed by atoms with Crippen molar-refractivity contribution in [2.24, 2.45) is 5.73 Å². The summed E-state index contributed by atoms with van der Waals surface area (Å²) in [5.41, 5.74) is 7.13. The van der Waals surface area contributed by atoms with Crippen LogP contribution < -0.4 is 5.73 Å². The Kier molecular flexibility index (Phi) is 2.57. The summed E-state index contributed by atoms with van der Waals surface area (Å²) in [5, 5.41) is 12.9. The number of aryl methyl sites for hydroxylation is 1. The molecule has 0 aliphatic carbocycles. The van der Waals surface area contributed by atoms with Gasteiger partial charge in [0.1, 0.15) is 5.82 Å². The molecule has 0 saturated carbocycles. The zero-order valence-electron chi connectivity index (χ0n) is 8.79. The molecule has 0 fully saturated rings. The standard InChI is InChI=1S/C10H12N4O2/c1-6-12-9-4-2-3-8(14(9)13-6)7(11)5-10(15)16/h2-4,7H,5,11H2,1H3,(H,15,16). The van der Waals surface area contributed by atoms with Gasteiger partial charge < -0.3 is 10.8 Å². The Morgan fingerprint density at radius 1 is 1.62 bits per heavy atom. The highest BCUT2D eigenvalue weighted by Gasteiger charge is 2.14. The minimum atomic E-state index is -0.929. The van der Waals surface area contributed by atoms with E-state index in [1.54, 1.807) is 29.6 Å². The number of nitrogens with zero attached hydrogens (tertiary/aromatic N) is 3. The summed E-state index contributed by atoms with van der Waals surface area (Å²) in [6.07, 6.45) is -0.127. The molecule has 2 heterocycles. The van der Waals surface area contributed by atoms with Crippen molar-refractivity contribution in [3.05, 3.63) is 29.7 Å². The van der Waals surface area contributed by atoms with Crippen LogP contribution >= 0.6 is 0 Å². The van der Waals surface area contributed by atoms with Crippen molar-refractivity contribution in [1.82, 2.24) is 14.6 Å². The highest BCUT2D eigenvalue weighted by atomic mass is 16.4. The molecule has 2 aromatic heterocycles. The average molecular weight is 220 g/mol. The van der Waals surface area contributed by atoms with E-state index in [1.165, 1.54) is 0 Å². The number of carboxylic acid groups (broad SMARTS) is 1. The lowest BCUT2D eigenvalue weighted by atomic mass is 10.1. The first-order valence-corrected chi connectivity index (χ1v) is 4.87. The van der Waals surface area contributed by atoms with Gasteiger partial charge in [-0.15, -0.1) is 0 Å². The number of pyridine rings is 1. The summed E-state index contributed by atoms with van der Waals surface area (Å²) < 4.78 is 1.59. The van der Waals surface area contributed by atoms with Gasteiger partial charge in [0.25, 0.3) is 0 Å². The van der Waals surface area contributed by atoms with Gasteiger partial charge in [0.15, 0.2) is 5.65 Å². The Bertz CT molecular complexity index is 535. The maximum Gasteiger partial charge on any atom is 0.305 e. The Morgan fingerprint density at radius 2 is 2.38 bits per heavy atom. The summed E-state index contributed by atoms with van der Waals surface area (Å²) in [6.45, 7) is 1.78. The molecule has 3 N–H and O–H groups in total. The van der Waals surface area contributed by atoms with Crippen molar-refractivity contribution in [2.75, 3.05) is 0 Å². The summed E-state index contributed by atoms with van der Waals surface area (Å²) in [7, 11) is 0. The fourth-order valence-electron chi connectivity index (χ4n) is 1.61. The fourth-order valence-corrected chi connectivity index (χ4v) is 1.61. The molecule has 0 bridgehead atoms. The van der Waals surface area contributed by atoms with Crippen LogP contribution in [0.1, 0.15) is 24.0 Å². The van der Waals surface area contributed by atoms with Crippen molar-refractivity contribution in [3.8, 4) is 0 Å². The normalized spacial score (nSPS) is 12.9. The van der Waals surface area contributed by atoms with Gasteiger partial charge in [0.05, 0.1) is 18.2 Å². The molecule has 0 aliphatic heterocycles. The number of nitrogens with two attached hydrogens (primary N) is 1. The minimum Gasteiger partial charge on any atom is -0.481 e. The molecule has 6 nitrogen and oxygen atoms in total. The van der Waals surface area contributed by atoms with E-state index in [2.05, 4.69) is 10.1 Å².